The quantitative estimate of drug-likeness (QED) is 0.812. The van der Waals surface area contributed by atoms with E-state index in [1.807, 2.05) is 24.0 Å². The van der Waals surface area contributed by atoms with Crippen molar-refractivity contribution in [3.8, 4) is 0 Å². The third-order valence-corrected chi connectivity index (χ3v) is 3.51. The van der Waals surface area contributed by atoms with Crippen molar-refractivity contribution in [2.45, 2.75) is 6.92 Å². The first-order chi connectivity index (χ1) is 9.13. The van der Waals surface area contributed by atoms with Crippen LogP contribution in [0.15, 0.2) is 27.4 Å². The van der Waals surface area contributed by atoms with Crippen LogP contribution in [-0.4, -0.2) is 26.3 Å². The predicted molar refractivity (Wildman–Crippen MR) is 79.9 cm³/mol. The topological polar surface area (TPSA) is 42.7 Å². The van der Waals surface area contributed by atoms with Crippen molar-refractivity contribution in [2.75, 3.05) is 31.2 Å². The normalized spacial score (nSPS) is 17.9. The van der Waals surface area contributed by atoms with E-state index >= 15 is 0 Å². The van der Waals surface area contributed by atoms with Gasteiger partial charge in [-0.15, -0.1) is 0 Å². The van der Waals surface area contributed by atoms with Crippen molar-refractivity contribution in [1.82, 2.24) is 0 Å². The Kier molecular flexibility index (Phi) is 4.61. The van der Waals surface area contributed by atoms with Gasteiger partial charge in [0.1, 0.15) is 0 Å². The first kappa shape index (κ1) is 14.1. The SMILES string of the molecule is C=c1c(=O)cc(N2CCOCC2)o/c1=C(Br)/C=C\C. The zero-order valence-corrected chi connectivity index (χ0v) is 12.4. The van der Waals surface area contributed by atoms with Crippen LogP contribution in [0.2, 0.25) is 0 Å². The minimum absolute atomic E-state index is 0.121. The Bertz CT molecular complexity index is 642. The first-order valence-corrected chi connectivity index (χ1v) is 6.91. The molecule has 1 fully saturated rings. The number of halogens is 1. The molecular weight excluding hydrogens is 310 g/mol. The lowest BCUT2D eigenvalue weighted by molar-refractivity contribution is 0.120. The van der Waals surface area contributed by atoms with Gasteiger partial charge in [0, 0.05) is 19.2 Å². The Morgan fingerprint density at radius 2 is 2.16 bits per heavy atom. The molecule has 0 radical (unpaired) electrons. The molecule has 0 unspecified atom stereocenters. The van der Waals surface area contributed by atoms with E-state index in [2.05, 4.69) is 22.5 Å². The molecule has 4 nitrogen and oxygen atoms in total. The Hall–Kier alpha value is -1.33. The zero-order valence-electron chi connectivity index (χ0n) is 10.8. The summed E-state index contributed by atoms with van der Waals surface area (Å²) in [6, 6.07) is 1.49. The molecule has 2 rings (SSSR count). The van der Waals surface area contributed by atoms with Crippen LogP contribution in [0.1, 0.15) is 6.92 Å². The summed E-state index contributed by atoms with van der Waals surface area (Å²) in [5, 5.41) is 0.363. The van der Waals surface area contributed by atoms with Crippen molar-refractivity contribution >= 4 is 32.9 Å². The highest BCUT2D eigenvalue weighted by molar-refractivity contribution is 9.15. The molecule has 19 heavy (non-hydrogen) atoms. The average Bonchev–Trinajstić information content (AvgIpc) is 2.43. The second-order valence-electron chi connectivity index (χ2n) is 4.20. The molecule has 0 aliphatic carbocycles. The van der Waals surface area contributed by atoms with Gasteiger partial charge in [0.05, 0.1) is 22.9 Å². The third kappa shape index (κ3) is 3.16. The van der Waals surface area contributed by atoms with Crippen LogP contribution in [0, 0.1) is 0 Å². The van der Waals surface area contributed by atoms with Gasteiger partial charge in [0.2, 0.25) is 0 Å². The molecule has 102 valence electrons. The van der Waals surface area contributed by atoms with Gasteiger partial charge in [0.25, 0.3) is 0 Å². The van der Waals surface area contributed by atoms with Gasteiger partial charge < -0.3 is 14.1 Å². The molecule has 1 saturated heterocycles. The monoisotopic (exact) mass is 325 g/mol. The fraction of sp³-hybridized carbons (Fsp3) is 0.357. The summed E-state index contributed by atoms with van der Waals surface area (Å²) in [7, 11) is 0. The lowest BCUT2D eigenvalue weighted by Crippen LogP contribution is -2.42. The molecular formula is C14H16BrNO3. The van der Waals surface area contributed by atoms with Gasteiger partial charge in [-0.3, -0.25) is 4.79 Å². The molecule has 0 spiro atoms. The molecule has 5 heteroatoms. The average molecular weight is 326 g/mol. The van der Waals surface area contributed by atoms with E-state index in [1.165, 1.54) is 6.07 Å². The lowest BCUT2D eigenvalue weighted by Gasteiger charge is -2.26. The molecule has 0 N–H and O–H groups in total. The second kappa shape index (κ2) is 6.21. The largest absolute Gasteiger partial charge is 0.439 e. The number of nitrogens with zero attached hydrogens (tertiary/aromatic N) is 1. The maximum Gasteiger partial charge on any atom is 0.200 e. The number of rotatable bonds is 2. The highest BCUT2D eigenvalue weighted by Crippen LogP contribution is 2.12. The molecule has 1 aliphatic heterocycles. The molecule has 1 aromatic heterocycles. The van der Waals surface area contributed by atoms with E-state index < -0.39 is 0 Å². The first-order valence-electron chi connectivity index (χ1n) is 6.12. The van der Waals surface area contributed by atoms with Crippen LogP contribution in [0.4, 0.5) is 5.88 Å². The fourth-order valence-corrected chi connectivity index (χ4v) is 2.45. The van der Waals surface area contributed by atoms with Crippen LogP contribution in [0.5, 0.6) is 0 Å². The summed E-state index contributed by atoms with van der Waals surface area (Å²) in [6.07, 6.45) is 3.70. The number of hydrogen-bond donors (Lipinski definition) is 0. The van der Waals surface area contributed by atoms with Crippen LogP contribution >= 0.6 is 15.9 Å². The number of morpholine rings is 1. The predicted octanol–water partition coefficient (Wildman–Crippen LogP) is 0.966. The molecule has 0 bridgehead atoms. The van der Waals surface area contributed by atoms with E-state index in [4.69, 9.17) is 9.15 Å². The van der Waals surface area contributed by atoms with Gasteiger partial charge in [-0.05, 0) is 28.9 Å². The molecule has 2 heterocycles. The standard InChI is InChI=1S/C14H16BrNO3/c1-3-4-11(15)14-10(2)12(17)9-13(19-14)16-5-7-18-8-6-16/h3-4,9H,2,5-8H2,1H3/b4-3-,14-11-. The molecule has 0 saturated carbocycles. The Morgan fingerprint density at radius 3 is 2.79 bits per heavy atom. The molecule has 1 aliphatic rings. The summed E-state index contributed by atoms with van der Waals surface area (Å²) >= 11 is 3.40. The van der Waals surface area contributed by atoms with Crippen molar-refractivity contribution in [2.24, 2.45) is 0 Å². The summed E-state index contributed by atoms with van der Waals surface area (Å²) in [6.45, 7) is 8.40. The third-order valence-electron chi connectivity index (χ3n) is 2.89. The van der Waals surface area contributed by atoms with E-state index in [9.17, 15) is 4.79 Å². The lowest BCUT2D eigenvalue weighted by atomic mass is 10.3. The van der Waals surface area contributed by atoms with Crippen molar-refractivity contribution in [3.05, 3.63) is 39.1 Å². The van der Waals surface area contributed by atoms with E-state index in [1.54, 1.807) is 0 Å². The Labute approximate surface area is 119 Å². The van der Waals surface area contributed by atoms with Gasteiger partial charge in [-0.2, -0.15) is 0 Å². The highest BCUT2D eigenvalue weighted by Gasteiger charge is 2.14. The minimum atomic E-state index is -0.121. The maximum atomic E-state index is 12.0. The Balaban J connectivity index is 2.57. The van der Waals surface area contributed by atoms with Crippen LogP contribution in [0.3, 0.4) is 0 Å². The van der Waals surface area contributed by atoms with E-state index in [-0.39, 0.29) is 5.43 Å². The zero-order chi connectivity index (χ0) is 13.8. The second-order valence-corrected chi connectivity index (χ2v) is 5.06. The van der Waals surface area contributed by atoms with Gasteiger partial charge in [0.15, 0.2) is 16.7 Å². The van der Waals surface area contributed by atoms with Gasteiger partial charge in [-0.25, -0.2) is 0 Å². The maximum absolute atomic E-state index is 12.0. The van der Waals surface area contributed by atoms with Crippen molar-refractivity contribution in [3.63, 3.8) is 0 Å². The summed E-state index contributed by atoms with van der Waals surface area (Å²) < 4.78 is 11.8. The highest BCUT2D eigenvalue weighted by atomic mass is 79.9. The fourth-order valence-electron chi connectivity index (χ4n) is 1.86. The molecule has 1 aromatic rings. The summed E-state index contributed by atoms with van der Waals surface area (Å²) in [4.78, 5) is 14.0. The smallest absolute Gasteiger partial charge is 0.200 e. The van der Waals surface area contributed by atoms with Crippen LogP contribution in [-0.2, 0) is 4.74 Å². The number of anilines is 1. The van der Waals surface area contributed by atoms with Crippen LogP contribution in [0.25, 0.3) is 11.1 Å². The Morgan fingerprint density at radius 1 is 1.47 bits per heavy atom. The van der Waals surface area contributed by atoms with E-state index in [0.29, 0.717) is 34.2 Å². The van der Waals surface area contributed by atoms with E-state index in [0.717, 1.165) is 13.1 Å². The van der Waals surface area contributed by atoms with Crippen molar-refractivity contribution < 1.29 is 9.15 Å². The molecule has 0 atom stereocenters. The molecule has 0 amide bonds. The summed E-state index contributed by atoms with van der Waals surface area (Å²) in [5.41, 5.74) is 0.358. The van der Waals surface area contributed by atoms with Gasteiger partial charge >= 0.3 is 0 Å². The summed E-state index contributed by atoms with van der Waals surface area (Å²) in [5.74, 6) is 0.567. The number of allylic oxidation sites excluding steroid dienone is 2. The molecule has 0 aromatic carbocycles. The van der Waals surface area contributed by atoms with Crippen LogP contribution < -0.4 is 21.0 Å². The van der Waals surface area contributed by atoms with Gasteiger partial charge in [-0.1, -0.05) is 12.7 Å². The minimum Gasteiger partial charge on any atom is -0.439 e. The number of hydrogen-bond acceptors (Lipinski definition) is 4. The van der Waals surface area contributed by atoms with Crippen molar-refractivity contribution in [1.29, 1.82) is 0 Å². The number of ether oxygens (including phenoxy) is 1.